The molecule has 0 bridgehead atoms. The molecule has 9 heteroatoms. The average Bonchev–Trinajstić information content (AvgIpc) is 2.95. The van der Waals surface area contributed by atoms with Crippen LogP contribution in [0.25, 0.3) is 10.8 Å². The van der Waals surface area contributed by atoms with Gasteiger partial charge in [-0.1, -0.05) is 18.2 Å². The third kappa shape index (κ3) is 4.90. The molecule has 0 unspecified atom stereocenters. The number of nitrogens with one attached hydrogen (secondary N) is 2. The van der Waals surface area contributed by atoms with Gasteiger partial charge < -0.3 is 19.7 Å². The molecule has 5 rings (SSSR count). The normalized spacial score (nSPS) is 12.2. The van der Waals surface area contributed by atoms with Gasteiger partial charge in [-0.05, 0) is 56.3 Å². The molecule has 3 aromatic carbocycles. The van der Waals surface area contributed by atoms with Gasteiger partial charge >= 0.3 is 0 Å². The van der Waals surface area contributed by atoms with Crippen molar-refractivity contribution in [2.45, 2.75) is 13.8 Å². The Morgan fingerprint density at radius 1 is 0.868 bits per heavy atom. The lowest BCUT2D eigenvalue weighted by Gasteiger charge is -2.21. The number of carbonyl (C=O) groups is 2. The highest BCUT2D eigenvalue weighted by molar-refractivity contribution is 6.13. The number of anilines is 2. The van der Waals surface area contributed by atoms with Crippen LogP contribution in [0, 0.1) is 0 Å². The third-order valence-corrected chi connectivity index (χ3v) is 6.45. The Hall–Kier alpha value is -4.79. The van der Waals surface area contributed by atoms with Gasteiger partial charge in [0.15, 0.2) is 11.5 Å². The van der Waals surface area contributed by atoms with E-state index in [0.29, 0.717) is 46.7 Å². The first kappa shape index (κ1) is 24.9. The van der Waals surface area contributed by atoms with Crippen molar-refractivity contribution in [3.63, 3.8) is 0 Å². The number of ether oxygens (including phenoxy) is 2. The van der Waals surface area contributed by atoms with Crippen molar-refractivity contribution >= 4 is 34.0 Å². The fourth-order valence-electron chi connectivity index (χ4n) is 4.46. The molecule has 9 nitrogen and oxygen atoms in total. The van der Waals surface area contributed by atoms with E-state index in [2.05, 4.69) is 29.5 Å². The fourth-order valence-corrected chi connectivity index (χ4v) is 4.46. The largest absolute Gasteiger partial charge is 0.486 e. The molecule has 2 amide bonds. The Labute approximate surface area is 219 Å². The van der Waals surface area contributed by atoms with Gasteiger partial charge in [0.2, 0.25) is 0 Å². The minimum Gasteiger partial charge on any atom is -0.486 e. The molecule has 4 aromatic rings. The topological polar surface area (TPSA) is 102 Å². The van der Waals surface area contributed by atoms with Crippen LogP contribution in [0.5, 0.6) is 11.5 Å². The first-order chi connectivity index (χ1) is 18.5. The highest BCUT2D eigenvalue weighted by atomic mass is 16.6. The van der Waals surface area contributed by atoms with Crippen LogP contribution in [0.4, 0.5) is 11.4 Å². The minimum absolute atomic E-state index is 0.229. The van der Waals surface area contributed by atoms with Crippen molar-refractivity contribution in [3.05, 3.63) is 94.4 Å². The summed E-state index contributed by atoms with van der Waals surface area (Å²) in [7, 11) is 0. The van der Waals surface area contributed by atoms with Crippen molar-refractivity contribution in [1.82, 2.24) is 4.68 Å². The highest BCUT2D eigenvalue weighted by Gasteiger charge is 2.18. The molecule has 2 heterocycles. The van der Waals surface area contributed by atoms with Gasteiger partial charge in [0, 0.05) is 53.1 Å². The number of amides is 2. The molecule has 0 fully saturated rings. The SMILES string of the molecule is CCN(CC)c1ccc(C(=O)Nn2cc(C(=O)Nc3ccc4c(c3)OCCO4)c3ccccc3c2=O)cc1. The Kier molecular flexibility index (Phi) is 6.99. The van der Waals surface area contributed by atoms with Gasteiger partial charge in [0.05, 0.1) is 5.56 Å². The Bertz CT molecular complexity index is 1560. The fraction of sp³-hybridized carbons (Fsp3) is 0.207. The van der Waals surface area contributed by atoms with E-state index in [1.807, 2.05) is 12.1 Å². The summed E-state index contributed by atoms with van der Waals surface area (Å²) < 4.78 is 12.2. The number of aromatic nitrogens is 1. The maximum Gasteiger partial charge on any atom is 0.277 e. The van der Waals surface area contributed by atoms with Gasteiger partial charge in [-0.3, -0.25) is 19.8 Å². The molecule has 0 spiro atoms. The molecule has 0 aliphatic carbocycles. The second-order valence-corrected chi connectivity index (χ2v) is 8.74. The van der Waals surface area contributed by atoms with E-state index < -0.39 is 17.4 Å². The average molecular weight is 513 g/mol. The number of pyridine rings is 1. The summed E-state index contributed by atoms with van der Waals surface area (Å²) in [5, 5.41) is 3.63. The van der Waals surface area contributed by atoms with Crippen molar-refractivity contribution in [1.29, 1.82) is 0 Å². The van der Waals surface area contributed by atoms with Gasteiger partial charge in [0.25, 0.3) is 17.4 Å². The molecule has 0 saturated heterocycles. The summed E-state index contributed by atoms with van der Waals surface area (Å²) in [6.07, 6.45) is 1.35. The summed E-state index contributed by atoms with van der Waals surface area (Å²) in [6.45, 7) is 6.74. The zero-order valence-corrected chi connectivity index (χ0v) is 21.2. The van der Waals surface area contributed by atoms with E-state index in [-0.39, 0.29) is 5.56 Å². The van der Waals surface area contributed by atoms with E-state index >= 15 is 0 Å². The molecule has 194 valence electrons. The lowest BCUT2D eigenvalue weighted by atomic mass is 10.1. The second-order valence-electron chi connectivity index (χ2n) is 8.74. The van der Waals surface area contributed by atoms with Crippen molar-refractivity contribution < 1.29 is 19.1 Å². The third-order valence-electron chi connectivity index (χ3n) is 6.45. The smallest absolute Gasteiger partial charge is 0.277 e. The van der Waals surface area contributed by atoms with Crippen LogP contribution in [0.3, 0.4) is 0 Å². The van der Waals surface area contributed by atoms with E-state index in [9.17, 15) is 14.4 Å². The first-order valence-electron chi connectivity index (χ1n) is 12.5. The molecule has 1 aromatic heterocycles. The van der Waals surface area contributed by atoms with Crippen LogP contribution in [-0.2, 0) is 0 Å². The lowest BCUT2D eigenvalue weighted by molar-refractivity contribution is 0.0999. The van der Waals surface area contributed by atoms with Crippen LogP contribution in [0.2, 0.25) is 0 Å². The summed E-state index contributed by atoms with van der Waals surface area (Å²) in [5.74, 6) is 0.250. The van der Waals surface area contributed by atoms with E-state index in [1.54, 1.807) is 54.6 Å². The maximum absolute atomic E-state index is 13.4. The van der Waals surface area contributed by atoms with Crippen molar-refractivity contribution in [3.8, 4) is 11.5 Å². The van der Waals surface area contributed by atoms with E-state index in [1.165, 1.54) is 6.20 Å². The van der Waals surface area contributed by atoms with Gasteiger partial charge in [-0.2, -0.15) is 0 Å². The number of rotatable bonds is 7. The molecule has 1 aliphatic heterocycles. The molecule has 0 atom stereocenters. The molecule has 2 N–H and O–H groups in total. The Morgan fingerprint density at radius 3 is 2.26 bits per heavy atom. The number of hydrogen-bond acceptors (Lipinski definition) is 6. The first-order valence-corrected chi connectivity index (χ1v) is 12.5. The summed E-state index contributed by atoms with van der Waals surface area (Å²) >= 11 is 0. The van der Waals surface area contributed by atoms with Crippen molar-refractivity contribution in [2.75, 3.05) is 41.9 Å². The van der Waals surface area contributed by atoms with Crippen LogP contribution in [0.1, 0.15) is 34.6 Å². The number of fused-ring (bicyclic) bond motifs is 2. The summed E-state index contributed by atoms with van der Waals surface area (Å²) in [5.41, 5.74) is 4.33. The number of benzene rings is 3. The molecule has 38 heavy (non-hydrogen) atoms. The highest BCUT2D eigenvalue weighted by Crippen LogP contribution is 2.33. The van der Waals surface area contributed by atoms with Gasteiger partial charge in [-0.25, -0.2) is 4.68 Å². The zero-order valence-electron chi connectivity index (χ0n) is 21.2. The maximum atomic E-state index is 13.4. The molecule has 0 saturated carbocycles. The number of carbonyl (C=O) groups excluding carboxylic acids is 2. The van der Waals surface area contributed by atoms with E-state index in [0.717, 1.165) is 23.5 Å². The van der Waals surface area contributed by atoms with Crippen LogP contribution < -0.4 is 30.7 Å². The Balaban J connectivity index is 1.44. The van der Waals surface area contributed by atoms with Gasteiger partial charge in [-0.15, -0.1) is 0 Å². The van der Waals surface area contributed by atoms with E-state index in [4.69, 9.17) is 9.47 Å². The quantitative estimate of drug-likeness (QED) is 0.384. The zero-order chi connectivity index (χ0) is 26.6. The second kappa shape index (κ2) is 10.7. The van der Waals surface area contributed by atoms with Crippen LogP contribution in [-0.4, -0.2) is 42.8 Å². The predicted molar refractivity (Wildman–Crippen MR) is 147 cm³/mol. The van der Waals surface area contributed by atoms with Gasteiger partial charge in [0.1, 0.15) is 13.2 Å². The minimum atomic E-state index is -0.466. The summed E-state index contributed by atoms with van der Waals surface area (Å²) in [4.78, 5) is 41.7. The molecular formula is C29H28N4O5. The standard InChI is InChI=1S/C29H28N4O5/c1-3-32(4-2)21-12-9-19(10-13-21)27(34)31-33-18-24(22-7-5-6-8-23(22)29(33)36)28(35)30-20-11-14-25-26(17-20)38-16-15-37-25/h5-14,17-18H,3-4,15-16H2,1-2H3,(H,30,35)(H,31,34). The predicted octanol–water partition coefficient (Wildman–Crippen LogP) is 4.26. The van der Waals surface area contributed by atoms with Crippen molar-refractivity contribution in [2.24, 2.45) is 0 Å². The monoisotopic (exact) mass is 512 g/mol. The van der Waals surface area contributed by atoms with Crippen LogP contribution >= 0.6 is 0 Å². The summed E-state index contributed by atoms with van der Waals surface area (Å²) in [6, 6.07) is 19.1. The number of hydrogen-bond donors (Lipinski definition) is 2. The molecular weight excluding hydrogens is 484 g/mol. The Morgan fingerprint density at radius 2 is 1.55 bits per heavy atom. The molecule has 0 radical (unpaired) electrons. The van der Waals surface area contributed by atoms with Crippen LogP contribution in [0.15, 0.2) is 77.7 Å². The molecule has 1 aliphatic rings. The lowest BCUT2D eigenvalue weighted by Crippen LogP contribution is -2.34. The number of nitrogens with zero attached hydrogens (tertiary/aromatic N) is 2.